The molecule has 1 saturated heterocycles. The first-order valence-electron chi connectivity index (χ1n) is 11.0. The smallest absolute Gasteiger partial charge is 0.508 e. The van der Waals surface area contributed by atoms with E-state index in [1.807, 2.05) is 13.8 Å². The van der Waals surface area contributed by atoms with E-state index in [0.717, 1.165) is 0 Å². The van der Waals surface area contributed by atoms with Crippen molar-refractivity contribution in [2.75, 3.05) is 6.54 Å². The molecule has 190 valence electrons. The predicted octanol–water partition coefficient (Wildman–Crippen LogP) is 2.44. The second kappa shape index (κ2) is 12.4. The summed E-state index contributed by atoms with van der Waals surface area (Å²) in [6, 6.07) is 4.32. The van der Waals surface area contributed by atoms with Crippen molar-refractivity contribution in [3.63, 3.8) is 0 Å². The van der Waals surface area contributed by atoms with Gasteiger partial charge in [0.2, 0.25) is 5.91 Å². The van der Waals surface area contributed by atoms with Gasteiger partial charge in [-0.2, -0.15) is 0 Å². The first-order chi connectivity index (χ1) is 16.4. The maximum absolute atomic E-state index is 12.6. The van der Waals surface area contributed by atoms with Crippen molar-refractivity contribution in [3.05, 3.63) is 33.8 Å². The quantitative estimate of drug-likeness (QED) is 0.371. The van der Waals surface area contributed by atoms with Gasteiger partial charge in [-0.1, -0.05) is 44.0 Å². The van der Waals surface area contributed by atoms with E-state index in [1.54, 1.807) is 6.92 Å². The van der Waals surface area contributed by atoms with E-state index < -0.39 is 67.6 Å². The minimum Gasteiger partial charge on any atom is -0.508 e. The molecule has 35 heavy (non-hydrogen) atoms. The Labute approximate surface area is 213 Å². The minimum absolute atomic E-state index is 0.0131. The van der Waals surface area contributed by atoms with Crippen LogP contribution in [0.5, 0.6) is 0 Å². The summed E-state index contributed by atoms with van der Waals surface area (Å²) >= 11 is 11.9. The average molecular weight is 529 g/mol. The van der Waals surface area contributed by atoms with Gasteiger partial charge in [0, 0.05) is 17.9 Å². The Hall–Kier alpha value is -2.63. The van der Waals surface area contributed by atoms with E-state index in [2.05, 4.69) is 10.6 Å². The molecule has 2 atom stereocenters. The van der Waals surface area contributed by atoms with Gasteiger partial charge in [-0.15, -0.1) is 0 Å². The molecule has 10 nitrogen and oxygen atoms in total. The average Bonchev–Trinajstić information content (AvgIpc) is 2.77. The molecule has 0 unspecified atom stereocenters. The highest BCUT2D eigenvalue weighted by atomic mass is 35.5. The topological polar surface area (TPSA) is 148 Å². The zero-order valence-corrected chi connectivity index (χ0v) is 21.1. The van der Waals surface area contributed by atoms with Gasteiger partial charge < -0.3 is 25.0 Å². The number of halogens is 2. The van der Waals surface area contributed by atoms with E-state index >= 15 is 0 Å². The molecule has 0 aromatic heterocycles. The van der Waals surface area contributed by atoms with Crippen LogP contribution in [0, 0.1) is 5.92 Å². The largest absolute Gasteiger partial charge is 0.552 e. The molecule has 0 saturated carbocycles. The number of nitrogens with one attached hydrogen (secondary N) is 2. The number of hydrogen-bond donors (Lipinski definition) is 3. The van der Waals surface area contributed by atoms with Gasteiger partial charge in [-0.25, -0.2) is 4.79 Å². The molecule has 0 aliphatic carbocycles. The van der Waals surface area contributed by atoms with Crippen LogP contribution >= 0.6 is 23.2 Å². The Morgan fingerprint density at radius 3 is 2.51 bits per heavy atom. The number of carbonyl (C=O) groups excluding carboxylic acids is 4. The van der Waals surface area contributed by atoms with Crippen LogP contribution < -0.4 is 10.6 Å². The molecule has 0 bridgehead atoms. The fourth-order valence-electron chi connectivity index (χ4n) is 3.54. The molecule has 13 heteroatoms. The van der Waals surface area contributed by atoms with Crippen LogP contribution in [0.25, 0.3) is 0 Å². The van der Waals surface area contributed by atoms with Gasteiger partial charge in [-0.3, -0.25) is 19.2 Å². The monoisotopic (exact) mass is 528 g/mol. The Morgan fingerprint density at radius 1 is 1.23 bits per heavy atom. The molecule has 1 aliphatic heterocycles. The fourth-order valence-corrected chi connectivity index (χ4v) is 3.91. The molecule has 1 aromatic carbocycles. The summed E-state index contributed by atoms with van der Waals surface area (Å²) in [6.07, 6.45) is -0.817. The van der Waals surface area contributed by atoms with Gasteiger partial charge in [-0.05, 0) is 30.5 Å². The van der Waals surface area contributed by atoms with Crippen LogP contribution in [0.1, 0.15) is 56.8 Å². The number of carbonyl (C=O) groups is 5. The second-order valence-electron chi connectivity index (χ2n) is 8.63. The number of amides is 2. The van der Waals surface area contributed by atoms with Crippen molar-refractivity contribution in [1.82, 2.24) is 10.6 Å². The summed E-state index contributed by atoms with van der Waals surface area (Å²) < 4.78 is 10.9. The van der Waals surface area contributed by atoms with Crippen LogP contribution in [-0.2, 0) is 28.5 Å². The van der Waals surface area contributed by atoms with Crippen LogP contribution in [0.15, 0.2) is 18.2 Å². The highest BCUT2D eigenvalue weighted by Crippen LogP contribution is 2.30. The summed E-state index contributed by atoms with van der Waals surface area (Å²) in [7, 11) is -1.44. The third-order valence-electron chi connectivity index (χ3n) is 5.27. The third kappa shape index (κ3) is 7.94. The molecule has 3 N–H and O–H groups in total. The Kier molecular flexibility index (Phi) is 10.1. The zero-order chi connectivity index (χ0) is 26.3. The summed E-state index contributed by atoms with van der Waals surface area (Å²) in [5.41, 5.74) is -2.01. The van der Waals surface area contributed by atoms with Gasteiger partial charge >= 0.3 is 13.1 Å². The molecular formula is C22H27BCl2N2O8. The Balaban J connectivity index is 2.15. The SMILES string of the molecule is CCC(=O)C[C@@]1(C(=O)O)CC(=O)OB([C@H](CC(C)C)NC(=O)CNC(=O)c2cc(Cl)ccc2Cl)O1. The molecule has 1 aromatic rings. The second-order valence-corrected chi connectivity index (χ2v) is 9.48. The molecular weight excluding hydrogens is 502 g/mol. The molecule has 1 fully saturated rings. The number of benzene rings is 1. The summed E-state index contributed by atoms with van der Waals surface area (Å²) in [4.78, 5) is 61.3. The molecule has 2 rings (SSSR count). The number of rotatable bonds is 11. The number of aliphatic carboxylic acids is 1. The molecule has 1 aliphatic rings. The predicted molar refractivity (Wildman–Crippen MR) is 128 cm³/mol. The van der Waals surface area contributed by atoms with Crippen LogP contribution in [0.4, 0.5) is 0 Å². The van der Waals surface area contributed by atoms with Gasteiger partial charge in [0.15, 0.2) is 5.60 Å². The number of ketones is 1. The van der Waals surface area contributed by atoms with Gasteiger partial charge in [0.1, 0.15) is 5.78 Å². The van der Waals surface area contributed by atoms with E-state index in [4.69, 9.17) is 32.5 Å². The number of hydrogen-bond acceptors (Lipinski definition) is 7. The van der Waals surface area contributed by atoms with Crippen molar-refractivity contribution in [3.8, 4) is 0 Å². The molecule has 1 heterocycles. The summed E-state index contributed by atoms with van der Waals surface area (Å²) in [6.45, 7) is 4.81. The van der Waals surface area contributed by atoms with Crippen molar-refractivity contribution in [1.29, 1.82) is 0 Å². The lowest BCUT2D eigenvalue weighted by Gasteiger charge is -2.38. The number of carboxylic acids is 1. The van der Waals surface area contributed by atoms with E-state index in [9.17, 15) is 29.1 Å². The fraction of sp³-hybridized carbons (Fsp3) is 0.500. The maximum Gasteiger partial charge on any atom is 0.552 e. The zero-order valence-electron chi connectivity index (χ0n) is 19.6. The highest BCUT2D eigenvalue weighted by molar-refractivity contribution is 6.50. The van der Waals surface area contributed by atoms with Gasteiger partial charge in [0.25, 0.3) is 11.9 Å². The third-order valence-corrected chi connectivity index (χ3v) is 5.83. The summed E-state index contributed by atoms with van der Waals surface area (Å²) in [5, 5.41) is 15.3. The standard InChI is InChI=1S/C22H27BCl2N2O8/c1-4-14(28)9-22(21(32)33)10-19(30)34-23(35-22)17(7-12(2)3)27-18(29)11-26-20(31)15-8-13(24)5-6-16(15)25/h5-6,8,12,17H,4,7,9-11H2,1-3H3,(H,26,31)(H,27,29)(H,32,33)/t17-,22-/m0/s1. The van der Waals surface area contributed by atoms with Crippen molar-refractivity contribution >= 4 is 59.9 Å². The maximum atomic E-state index is 12.6. The number of Topliss-reactive ketones (excluding diaryl/α,β-unsaturated/α-hetero) is 1. The van der Waals surface area contributed by atoms with Crippen molar-refractivity contribution < 1.29 is 38.4 Å². The first-order valence-corrected chi connectivity index (χ1v) is 11.8. The van der Waals surface area contributed by atoms with Gasteiger partial charge in [0.05, 0.1) is 29.5 Å². The minimum atomic E-state index is -2.09. The normalized spacial score (nSPS) is 18.6. The lowest BCUT2D eigenvalue weighted by Crippen LogP contribution is -2.61. The Morgan fingerprint density at radius 2 is 1.91 bits per heavy atom. The van der Waals surface area contributed by atoms with E-state index in [-0.39, 0.29) is 29.3 Å². The summed E-state index contributed by atoms with van der Waals surface area (Å²) in [5.74, 6) is -4.95. The van der Waals surface area contributed by atoms with E-state index in [0.29, 0.717) is 5.02 Å². The lowest BCUT2D eigenvalue weighted by atomic mass is 9.70. The van der Waals surface area contributed by atoms with Crippen molar-refractivity contribution in [2.24, 2.45) is 5.92 Å². The highest BCUT2D eigenvalue weighted by Gasteiger charge is 2.54. The lowest BCUT2D eigenvalue weighted by molar-refractivity contribution is -0.172. The van der Waals surface area contributed by atoms with E-state index in [1.165, 1.54) is 18.2 Å². The first kappa shape index (κ1) is 28.6. The van der Waals surface area contributed by atoms with Crippen LogP contribution in [0.2, 0.25) is 10.0 Å². The molecule has 0 radical (unpaired) electrons. The molecule has 2 amide bonds. The number of carboxylic acid groups (broad SMARTS) is 1. The Bertz CT molecular complexity index is 1010. The van der Waals surface area contributed by atoms with Crippen LogP contribution in [0.3, 0.4) is 0 Å². The molecule has 0 spiro atoms. The van der Waals surface area contributed by atoms with Crippen molar-refractivity contribution in [2.45, 2.75) is 58.0 Å². The van der Waals surface area contributed by atoms with Crippen LogP contribution in [-0.4, -0.2) is 59.8 Å².